The molecule has 2 aromatic heterocycles. The number of fused-ring (bicyclic) bond motifs is 1. The van der Waals surface area contributed by atoms with Gasteiger partial charge in [0.1, 0.15) is 16.8 Å². The van der Waals surface area contributed by atoms with Gasteiger partial charge in [-0.1, -0.05) is 11.6 Å². The zero-order valence-corrected chi connectivity index (χ0v) is 20.1. The Bertz CT molecular complexity index is 1180. The van der Waals surface area contributed by atoms with E-state index < -0.39 is 18.3 Å². The highest BCUT2D eigenvalue weighted by molar-refractivity contribution is 6.65. The van der Waals surface area contributed by atoms with E-state index in [1.54, 1.807) is 12.3 Å². The number of hydrogen-bond acceptors (Lipinski definition) is 6. The quantitative estimate of drug-likeness (QED) is 0.337. The summed E-state index contributed by atoms with van der Waals surface area (Å²) in [5.74, 6) is 0.298. The lowest BCUT2D eigenvalue weighted by atomic mass is 9.77. The van der Waals surface area contributed by atoms with Crippen molar-refractivity contribution in [2.24, 2.45) is 0 Å². The van der Waals surface area contributed by atoms with Gasteiger partial charge in [-0.2, -0.15) is 0 Å². The van der Waals surface area contributed by atoms with Crippen LogP contribution in [-0.4, -0.2) is 59.1 Å². The Morgan fingerprint density at radius 1 is 1.21 bits per heavy atom. The molecule has 1 unspecified atom stereocenters. The minimum atomic E-state index is -0.708. The second kappa shape index (κ2) is 8.39. The Kier molecular flexibility index (Phi) is 5.82. The van der Waals surface area contributed by atoms with Crippen LogP contribution in [0, 0.1) is 5.82 Å². The average Bonchev–Trinajstić information content (AvgIpc) is 3.29. The minimum Gasteiger partial charge on any atom is -0.399 e. The van der Waals surface area contributed by atoms with Crippen molar-refractivity contribution in [3.63, 3.8) is 0 Å². The van der Waals surface area contributed by atoms with E-state index in [2.05, 4.69) is 19.9 Å². The predicted octanol–water partition coefficient (Wildman–Crippen LogP) is 3.98. The zero-order valence-electron chi connectivity index (χ0n) is 18.6. The Hall–Kier alpha value is -1.91. The number of nitrogens with zero attached hydrogens (tertiary/aromatic N) is 3. The number of nitrogens with one attached hydrogen (secondary N) is 1. The molecule has 0 bridgehead atoms. The highest BCUT2D eigenvalue weighted by Crippen LogP contribution is 2.42. The predicted molar refractivity (Wildman–Crippen MR) is 127 cm³/mol. The number of aromatic amines is 1. The van der Waals surface area contributed by atoms with Gasteiger partial charge in [-0.25, -0.2) is 14.4 Å². The van der Waals surface area contributed by atoms with Crippen molar-refractivity contribution >= 4 is 52.5 Å². The molecule has 11 heteroatoms. The lowest BCUT2D eigenvalue weighted by Crippen LogP contribution is -2.54. The lowest BCUT2D eigenvalue weighted by Gasteiger charge is -2.44. The first-order chi connectivity index (χ1) is 15.6. The molecule has 0 aliphatic carbocycles. The lowest BCUT2D eigenvalue weighted by molar-refractivity contribution is -0.0320. The molecule has 0 spiro atoms. The Labute approximate surface area is 201 Å². The van der Waals surface area contributed by atoms with Gasteiger partial charge in [0.15, 0.2) is 0 Å². The molecule has 3 aromatic rings. The van der Waals surface area contributed by atoms with Crippen molar-refractivity contribution in [2.75, 3.05) is 24.7 Å². The Morgan fingerprint density at radius 2 is 2.03 bits per heavy atom. The molecule has 174 valence electrons. The molecule has 2 atom stereocenters. The molecule has 5 rings (SSSR count). The van der Waals surface area contributed by atoms with Gasteiger partial charge < -0.3 is 23.9 Å². The van der Waals surface area contributed by atoms with Gasteiger partial charge in [-0.3, -0.25) is 0 Å². The number of rotatable bonds is 4. The van der Waals surface area contributed by atoms with Gasteiger partial charge in [0.05, 0.1) is 30.5 Å². The molecule has 2 saturated heterocycles. The number of benzene rings is 1. The van der Waals surface area contributed by atoms with Crippen molar-refractivity contribution < 1.29 is 18.4 Å². The molecule has 4 heterocycles. The summed E-state index contributed by atoms with van der Waals surface area (Å²) >= 11 is 12.2. The molecule has 0 radical (unpaired) electrons. The standard InChI is InChI=1S/C22H24BCl2FN4O3/c1-21(2)22(3,33-23(32-21)16-8-13(26)9-17-15(16)4-5-27-17)11-14-12-31-7-6-30(14)19-10-18(24)28-20(25)29-19/h4-5,8-10,14,27H,6-7,11-12H2,1-3H3/t14-,22?/m1/s1. The number of ether oxygens (including phenoxy) is 1. The fraction of sp³-hybridized carbons (Fsp3) is 0.455. The maximum Gasteiger partial charge on any atom is 0.495 e. The molecule has 7 nitrogen and oxygen atoms in total. The summed E-state index contributed by atoms with van der Waals surface area (Å²) in [5.41, 5.74) is 0.00947. The Morgan fingerprint density at radius 3 is 2.82 bits per heavy atom. The van der Waals surface area contributed by atoms with Crippen LogP contribution < -0.4 is 10.4 Å². The molecule has 0 saturated carbocycles. The van der Waals surface area contributed by atoms with Crippen LogP contribution in [-0.2, 0) is 14.0 Å². The smallest absolute Gasteiger partial charge is 0.399 e. The number of aromatic nitrogens is 3. The summed E-state index contributed by atoms with van der Waals surface area (Å²) in [6.45, 7) is 7.68. The van der Waals surface area contributed by atoms with Crippen molar-refractivity contribution in [3.8, 4) is 0 Å². The minimum absolute atomic E-state index is 0.0628. The van der Waals surface area contributed by atoms with Gasteiger partial charge in [0, 0.05) is 30.7 Å². The van der Waals surface area contributed by atoms with Gasteiger partial charge in [0.2, 0.25) is 5.28 Å². The van der Waals surface area contributed by atoms with Gasteiger partial charge in [-0.15, -0.1) is 0 Å². The van der Waals surface area contributed by atoms with Crippen molar-refractivity contribution in [3.05, 3.63) is 46.7 Å². The summed E-state index contributed by atoms with van der Waals surface area (Å²) < 4.78 is 33.0. The Balaban J connectivity index is 1.44. The summed E-state index contributed by atoms with van der Waals surface area (Å²) in [6, 6.07) is 6.48. The second-order valence-corrected chi connectivity index (χ2v) is 9.91. The van der Waals surface area contributed by atoms with Crippen LogP contribution in [0.1, 0.15) is 27.2 Å². The molecular formula is C22H24BCl2FN4O3. The third-order valence-electron chi connectivity index (χ3n) is 6.76. The molecule has 0 amide bonds. The van der Waals surface area contributed by atoms with Crippen LogP contribution in [0.2, 0.25) is 10.4 Å². The van der Waals surface area contributed by atoms with Crippen LogP contribution in [0.15, 0.2) is 30.5 Å². The number of anilines is 1. The van der Waals surface area contributed by atoms with E-state index in [0.29, 0.717) is 43.0 Å². The topological polar surface area (TPSA) is 72.5 Å². The number of hydrogen-bond donors (Lipinski definition) is 1. The zero-order chi connectivity index (χ0) is 23.4. The third-order valence-corrected chi connectivity index (χ3v) is 7.13. The average molecular weight is 493 g/mol. The molecule has 33 heavy (non-hydrogen) atoms. The van der Waals surface area contributed by atoms with E-state index in [0.717, 1.165) is 5.39 Å². The summed E-state index contributed by atoms with van der Waals surface area (Å²) in [4.78, 5) is 13.5. The first-order valence-corrected chi connectivity index (χ1v) is 11.6. The van der Waals surface area contributed by atoms with Crippen LogP contribution in [0.25, 0.3) is 10.9 Å². The molecule has 2 aliphatic rings. The largest absolute Gasteiger partial charge is 0.495 e. The molecular weight excluding hydrogens is 469 g/mol. The molecule has 2 fully saturated rings. The first-order valence-electron chi connectivity index (χ1n) is 10.8. The highest BCUT2D eigenvalue weighted by Gasteiger charge is 2.56. The van der Waals surface area contributed by atoms with E-state index >= 15 is 0 Å². The van der Waals surface area contributed by atoms with Crippen molar-refractivity contribution in [2.45, 2.75) is 44.4 Å². The molecule has 2 aliphatic heterocycles. The number of H-pyrrole nitrogens is 1. The van der Waals surface area contributed by atoms with E-state index in [1.807, 2.05) is 26.8 Å². The molecule has 1 N–H and O–H groups in total. The van der Waals surface area contributed by atoms with Crippen molar-refractivity contribution in [1.29, 1.82) is 0 Å². The second-order valence-electron chi connectivity index (χ2n) is 9.19. The normalized spacial score (nSPS) is 25.2. The summed E-state index contributed by atoms with van der Waals surface area (Å²) in [6.07, 6.45) is 2.36. The first kappa shape index (κ1) is 22.9. The van der Waals surface area contributed by atoms with Crippen LogP contribution in [0.4, 0.5) is 10.2 Å². The van der Waals surface area contributed by atoms with E-state index in [9.17, 15) is 4.39 Å². The SMILES string of the molecule is CC1(C)OB(c2cc(F)cc3[nH]ccc23)OC1(C)C[C@@H]1COCCN1c1cc(Cl)nc(Cl)n1. The van der Waals surface area contributed by atoms with E-state index in [4.69, 9.17) is 37.2 Å². The van der Waals surface area contributed by atoms with Gasteiger partial charge >= 0.3 is 7.12 Å². The van der Waals surface area contributed by atoms with Gasteiger partial charge in [-0.05, 0) is 61.4 Å². The summed E-state index contributed by atoms with van der Waals surface area (Å²) in [7, 11) is -0.708. The highest BCUT2D eigenvalue weighted by atomic mass is 35.5. The summed E-state index contributed by atoms with van der Waals surface area (Å²) in [5, 5.41) is 1.25. The van der Waals surface area contributed by atoms with Crippen LogP contribution in [0.3, 0.4) is 0 Å². The van der Waals surface area contributed by atoms with E-state index in [1.165, 1.54) is 12.1 Å². The van der Waals surface area contributed by atoms with Gasteiger partial charge in [0.25, 0.3) is 0 Å². The van der Waals surface area contributed by atoms with Crippen molar-refractivity contribution in [1.82, 2.24) is 15.0 Å². The molecule has 1 aromatic carbocycles. The maximum atomic E-state index is 14.3. The van der Waals surface area contributed by atoms with Crippen LogP contribution in [0.5, 0.6) is 0 Å². The fourth-order valence-corrected chi connectivity index (χ4v) is 5.07. The monoisotopic (exact) mass is 492 g/mol. The number of morpholine rings is 1. The fourth-order valence-electron chi connectivity index (χ4n) is 4.67. The third kappa shape index (κ3) is 4.21. The number of halogens is 3. The van der Waals surface area contributed by atoms with Crippen LogP contribution >= 0.6 is 23.2 Å². The maximum absolute atomic E-state index is 14.3. The van der Waals surface area contributed by atoms with E-state index in [-0.39, 0.29) is 22.3 Å².